The van der Waals surface area contributed by atoms with Gasteiger partial charge in [0.1, 0.15) is 11.6 Å². The Morgan fingerprint density at radius 3 is 2.25 bits per heavy atom. The average Bonchev–Trinajstić information content (AvgIpc) is 3.37. The van der Waals surface area contributed by atoms with Gasteiger partial charge in [-0.1, -0.05) is 48.5 Å². The van der Waals surface area contributed by atoms with Crippen molar-refractivity contribution in [3.05, 3.63) is 102 Å². The highest BCUT2D eigenvalue weighted by molar-refractivity contribution is 6.10. The Morgan fingerprint density at radius 2 is 1.58 bits per heavy atom. The Morgan fingerprint density at radius 1 is 0.917 bits per heavy atom. The lowest BCUT2D eigenvalue weighted by Gasteiger charge is -2.28. The molecule has 0 bridgehead atoms. The van der Waals surface area contributed by atoms with Crippen molar-refractivity contribution in [2.24, 2.45) is 0 Å². The van der Waals surface area contributed by atoms with Crippen molar-refractivity contribution in [1.82, 2.24) is 9.78 Å². The summed E-state index contributed by atoms with van der Waals surface area (Å²) in [4.78, 5) is 15.2. The lowest BCUT2D eigenvalue weighted by molar-refractivity contribution is -0.112. The van der Waals surface area contributed by atoms with E-state index in [0.717, 1.165) is 30.0 Å². The number of anilines is 2. The minimum absolute atomic E-state index is 0.00273. The fourth-order valence-electron chi connectivity index (χ4n) is 4.11. The van der Waals surface area contributed by atoms with Crippen molar-refractivity contribution in [2.75, 3.05) is 36.5 Å². The number of nitrogens with zero attached hydrogens (tertiary/aromatic N) is 4. The molecule has 1 amide bonds. The summed E-state index contributed by atoms with van der Waals surface area (Å²) >= 11 is 0. The highest BCUT2D eigenvalue weighted by atomic mass is 16.5. The van der Waals surface area contributed by atoms with Crippen LogP contribution in [-0.4, -0.2) is 42.0 Å². The number of morpholine rings is 1. The molecule has 1 aliphatic rings. The number of nitrogens with one attached hydrogen (secondary N) is 1. The van der Waals surface area contributed by atoms with Gasteiger partial charge in [-0.2, -0.15) is 10.4 Å². The van der Waals surface area contributed by atoms with Crippen LogP contribution in [0.15, 0.2) is 96.7 Å². The van der Waals surface area contributed by atoms with E-state index in [0.29, 0.717) is 30.2 Å². The van der Waals surface area contributed by atoms with Crippen molar-refractivity contribution in [2.45, 2.75) is 0 Å². The van der Waals surface area contributed by atoms with E-state index in [4.69, 9.17) is 9.84 Å². The van der Waals surface area contributed by atoms with Gasteiger partial charge in [-0.15, -0.1) is 0 Å². The number of carbonyl (C=O) groups is 1. The fourth-order valence-corrected chi connectivity index (χ4v) is 4.11. The predicted molar refractivity (Wildman–Crippen MR) is 141 cm³/mol. The number of aromatic nitrogens is 2. The largest absolute Gasteiger partial charge is 0.378 e. The van der Waals surface area contributed by atoms with Crippen LogP contribution in [0, 0.1) is 11.3 Å². The Labute approximate surface area is 209 Å². The number of carbonyl (C=O) groups excluding carboxylic acids is 1. The number of amides is 1. The lowest BCUT2D eigenvalue weighted by atomic mass is 10.1. The third-order valence-corrected chi connectivity index (χ3v) is 5.98. The molecule has 7 heteroatoms. The Balaban J connectivity index is 1.41. The Kier molecular flexibility index (Phi) is 6.88. The molecule has 1 N–H and O–H groups in total. The molecule has 36 heavy (non-hydrogen) atoms. The topological polar surface area (TPSA) is 83.2 Å². The van der Waals surface area contributed by atoms with Crippen LogP contribution in [0.2, 0.25) is 0 Å². The summed E-state index contributed by atoms with van der Waals surface area (Å²) in [7, 11) is 0. The zero-order valence-electron chi connectivity index (χ0n) is 19.7. The van der Waals surface area contributed by atoms with Gasteiger partial charge in [0.2, 0.25) is 0 Å². The number of rotatable bonds is 6. The van der Waals surface area contributed by atoms with Gasteiger partial charge in [-0.3, -0.25) is 4.79 Å². The second kappa shape index (κ2) is 10.7. The van der Waals surface area contributed by atoms with E-state index in [1.54, 1.807) is 10.8 Å². The molecule has 1 fully saturated rings. The summed E-state index contributed by atoms with van der Waals surface area (Å²) in [5, 5.41) is 17.4. The van der Waals surface area contributed by atoms with Crippen molar-refractivity contribution in [1.29, 1.82) is 5.26 Å². The molecule has 5 rings (SSSR count). The van der Waals surface area contributed by atoms with E-state index >= 15 is 0 Å². The molecule has 2 heterocycles. The van der Waals surface area contributed by atoms with Crippen molar-refractivity contribution in [3.63, 3.8) is 0 Å². The van der Waals surface area contributed by atoms with Gasteiger partial charge in [0.25, 0.3) is 5.91 Å². The number of hydrogen-bond acceptors (Lipinski definition) is 5. The quantitative estimate of drug-likeness (QED) is 0.316. The number of para-hydroxylation sites is 1. The molecule has 0 unspecified atom stereocenters. The molecule has 0 radical (unpaired) electrons. The molecule has 4 aromatic rings. The number of hydrogen-bond donors (Lipinski definition) is 1. The van der Waals surface area contributed by atoms with Crippen molar-refractivity contribution >= 4 is 23.4 Å². The molecule has 1 aromatic heterocycles. The summed E-state index contributed by atoms with van der Waals surface area (Å²) in [6.45, 7) is 3.10. The van der Waals surface area contributed by atoms with Crippen LogP contribution >= 0.6 is 0 Å². The Hall–Kier alpha value is -4.67. The SMILES string of the molecule is N#C/C(=C\c1cn(-c2ccccc2)nc1-c1ccccc1)C(=O)Nc1ccc(N2CCOCC2)cc1. The maximum Gasteiger partial charge on any atom is 0.266 e. The summed E-state index contributed by atoms with van der Waals surface area (Å²) in [6.07, 6.45) is 3.42. The molecule has 1 saturated heterocycles. The van der Waals surface area contributed by atoms with Crippen LogP contribution < -0.4 is 10.2 Å². The second-order valence-corrected chi connectivity index (χ2v) is 8.35. The van der Waals surface area contributed by atoms with Gasteiger partial charge in [-0.05, 0) is 42.5 Å². The molecule has 0 spiro atoms. The van der Waals surface area contributed by atoms with E-state index in [-0.39, 0.29) is 5.57 Å². The van der Waals surface area contributed by atoms with Crippen LogP contribution in [0.1, 0.15) is 5.56 Å². The summed E-state index contributed by atoms with van der Waals surface area (Å²) < 4.78 is 7.16. The molecule has 7 nitrogen and oxygen atoms in total. The fraction of sp³-hybridized carbons (Fsp3) is 0.138. The van der Waals surface area contributed by atoms with Gasteiger partial charge in [-0.25, -0.2) is 4.68 Å². The third kappa shape index (κ3) is 5.19. The Bertz CT molecular complexity index is 1400. The highest BCUT2D eigenvalue weighted by Gasteiger charge is 2.16. The first-order valence-electron chi connectivity index (χ1n) is 11.8. The first kappa shape index (κ1) is 23.1. The van der Waals surface area contributed by atoms with Gasteiger partial charge >= 0.3 is 0 Å². The molecule has 0 atom stereocenters. The van der Waals surface area contributed by atoms with E-state index in [1.165, 1.54) is 0 Å². The minimum atomic E-state index is -0.469. The van der Waals surface area contributed by atoms with Crippen LogP contribution in [0.25, 0.3) is 23.0 Å². The molecule has 0 saturated carbocycles. The number of benzene rings is 3. The number of nitriles is 1. The van der Waals surface area contributed by atoms with Crippen molar-refractivity contribution < 1.29 is 9.53 Å². The molecule has 3 aromatic carbocycles. The predicted octanol–water partition coefficient (Wildman–Crippen LogP) is 4.92. The normalized spacial score (nSPS) is 13.8. The molecule has 0 aliphatic carbocycles. The van der Waals surface area contributed by atoms with Crippen LogP contribution in [-0.2, 0) is 9.53 Å². The maximum atomic E-state index is 13.0. The average molecular weight is 476 g/mol. The van der Waals surface area contributed by atoms with E-state index in [9.17, 15) is 10.1 Å². The zero-order valence-corrected chi connectivity index (χ0v) is 19.7. The van der Waals surface area contributed by atoms with Gasteiger partial charge < -0.3 is 15.0 Å². The van der Waals surface area contributed by atoms with Gasteiger partial charge in [0, 0.05) is 41.8 Å². The first-order chi connectivity index (χ1) is 17.7. The van der Waals surface area contributed by atoms with Crippen LogP contribution in [0.3, 0.4) is 0 Å². The standard InChI is InChI=1S/C29H25N5O2/c30-20-23(29(35)31-25-11-13-26(14-12-25)33-15-17-36-18-16-33)19-24-21-34(27-9-5-2-6-10-27)32-28(24)22-7-3-1-4-8-22/h1-14,19,21H,15-18H2,(H,31,35)/b23-19+. The smallest absolute Gasteiger partial charge is 0.266 e. The van der Waals surface area contributed by atoms with Gasteiger partial charge in [0.05, 0.1) is 24.6 Å². The highest BCUT2D eigenvalue weighted by Crippen LogP contribution is 2.26. The monoisotopic (exact) mass is 475 g/mol. The van der Waals surface area contributed by atoms with Crippen molar-refractivity contribution in [3.8, 4) is 23.0 Å². The van der Waals surface area contributed by atoms with E-state index in [2.05, 4.69) is 16.3 Å². The minimum Gasteiger partial charge on any atom is -0.378 e. The van der Waals surface area contributed by atoms with Gasteiger partial charge in [0.15, 0.2) is 0 Å². The molecule has 178 valence electrons. The molecule has 1 aliphatic heterocycles. The summed E-state index contributed by atoms with van der Waals surface area (Å²) in [5.74, 6) is -0.469. The van der Waals surface area contributed by atoms with Crippen LogP contribution in [0.5, 0.6) is 0 Å². The van der Waals surface area contributed by atoms with E-state index < -0.39 is 5.91 Å². The van der Waals surface area contributed by atoms with E-state index in [1.807, 2.05) is 91.1 Å². The summed E-state index contributed by atoms with van der Waals surface area (Å²) in [5.41, 5.74) is 4.86. The second-order valence-electron chi connectivity index (χ2n) is 8.35. The third-order valence-electron chi connectivity index (χ3n) is 5.98. The molecular weight excluding hydrogens is 450 g/mol. The maximum absolute atomic E-state index is 13.0. The van der Waals surface area contributed by atoms with Crippen LogP contribution in [0.4, 0.5) is 11.4 Å². The zero-order chi connectivity index (χ0) is 24.7. The first-order valence-corrected chi connectivity index (χ1v) is 11.8. The summed E-state index contributed by atoms with van der Waals surface area (Å²) in [6, 6.07) is 29.1. The molecular formula is C29H25N5O2. The lowest BCUT2D eigenvalue weighted by Crippen LogP contribution is -2.36. The number of ether oxygens (including phenoxy) is 1.